The largest absolute Gasteiger partial charge is 0.573 e. The summed E-state index contributed by atoms with van der Waals surface area (Å²) in [5.41, 5.74) is 1.06. The molecule has 2 nitrogen and oxygen atoms in total. The first-order chi connectivity index (χ1) is 17.3. The molecule has 198 valence electrons. The van der Waals surface area contributed by atoms with Crippen molar-refractivity contribution in [3.05, 3.63) is 53.9 Å². The highest BCUT2D eigenvalue weighted by molar-refractivity contribution is 5.27. The van der Waals surface area contributed by atoms with Crippen molar-refractivity contribution in [2.75, 3.05) is 0 Å². The van der Waals surface area contributed by atoms with Crippen LogP contribution >= 0.6 is 0 Å². The summed E-state index contributed by atoms with van der Waals surface area (Å²) in [6.07, 6.45) is 17.4. The summed E-state index contributed by atoms with van der Waals surface area (Å²) in [6, 6.07) is 7.73. The van der Waals surface area contributed by atoms with Gasteiger partial charge in [0.15, 0.2) is 5.83 Å². The summed E-state index contributed by atoms with van der Waals surface area (Å²) in [5, 5.41) is 8.41. The molecular formula is C30H39F4NO. The van der Waals surface area contributed by atoms with Gasteiger partial charge < -0.3 is 4.74 Å². The number of ether oxygens (including phenoxy) is 1. The van der Waals surface area contributed by atoms with Crippen molar-refractivity contribution < 1.29 is 22.3 Å². The fourth-order valence-corrected chi connectivity index (χ4v) is 6.13. The smallest absolute Gasteiger partial charge is 0.406 e. The Hall–Kier alpha value is -2.29. The van der Waals surface area contributed by atoms with Crippen molar-refractivity contribution in [2.45, 2.75) is 96.3 Å². The molecule has 0 radical (unpaired) electrons. The molecule has 2 aliphatic carbocycles. The highest BCUT2D eigenvalue weighted by atomic mass is 19.4. The van der Waals surface area contributed by atoms with E-state index >= 15 is 0 Å². The highest BCUT2D eigenvalue weighted by Gasteiger charge is 2.31. The van der Waals surface area contributed by atoms with Crippen LogP contribution in [0.5, 0.6) is 5.75 Å². The van der Waals surface area contributed by atoms with E-state index in [4.69, 9.17) is 5.26 Å². The highest BCUT2D eigenvalue weighted by Crippen LogP contribution is 2.43. The molecule has 6 heteroatoms. The molecule has 0 N–H and O–H groups in total. The third-order valence-electron chi connectivity index (χ3n) is 8.16. The van der Waals surface area contributed by atoms with Gasteiger partial charge in [-0.15, -0.1) is 13.2 Å². The number of aryl methyl sites for hydroxylation is 1. The van der Waals surface area contributed by atoms with Gasteiger partial charge in [-0.25, -0.2) is 0 Å². The van der Waals surface area contributed by atoms with E-state index in [1.165, 1.54) is 88.5 Å². The van der Waals surface area contributed by atoms with Gasteiger partial charge in [-0.2, -0.15) is 9.65 Å². The lowest BCUT2D eigenvalue weighted by Crippen LogP contribution is -2.25. The zero-order chi connectivity index (χ0) is 25.8. The van der Waals surface area contributed by atoms with Gasteiger partial charge in [0.1, 0.15) is 11.8 Å². The zero-order valence-corrected chi connectivity index (χ0v) is 21.1. The summed E-state index contributed by atoms with van der Waals surface area (Å²) >= 11 is 0. The Morgan fingerprint density at radius 1 is 0.889 bits per heavy atom. The predicted molar refractivity (Wildman–Crippen MR) is 135 cm³/mol. The van der Waals surface area contributed by atoms with E-state index in [2.05, 4.69) is 4.74 Å². The van der Waals surface area contributed by atoms with Crippen LogP contribution in [0.4, 0.5) is 17.6 Å². The molecule has 0 saturated heterocycles. The number of hydrogen-bond acceptors (Lipinski definition) is 2. The van der Waals surface area contributed by atoms with Gasteiger partial charge in [0.05, 0.1) is 0 Å². The molecule has 0 heterocycles. The third-order valence-corrected chi connectivity index (χ3v) is 8.16. The molecule has 36 heavy (non-hydrogen) atoms. The second-order valence-corrected chi connectivity index (χ2v) is 10.6. The molecule has 1 aromatic carbocycles. The minimum Gasteiger partial charge on any atom is -0.406 e. The van der Waals surface area contributed by atoms with Crippen molar-refractivity contribution in [3.63, 3.8) is 0 Å². The number of alkyl halides is 3. The number of allylic oxidation sites excluding steroid dienone is 4. The standard InChI is InChI=1S/C30H39F4NO/c31-28(22-35)9-3-1-2-6-23-10-16-26(17-11-23)27-18-12-24(13-19-27)7-4-5-8-25-14-20-29(21-15-25)36-30(32,33)34/h1,3,9,14-15,20-21,23-24,26-27H,2,4-8,10-13,16-19H2/b3-1+,28-9-. The van der Waals surface area contributed by atoms with Crippen molar-refractivity contribution >= 4 is 0 Å². The Bertz CT molecular complexity index is 868. The van der Waals surface area contributed by atoms with E-state index in [1.54, 1.807) is 18.2 Å². The van der Waals surface area contributed by atoms with Gasteiger partial charge >= 0.3 is 6.36 Å². The van der Waals surface area contributed by atoms with Crippen molar-refractivity contribution in [1.82, 2.24) is 0 Å². The first kappa shape index (κ1) is 28.3. The van der Waals surface area contributed by atoms with Crippen molar-refractivity contribution in [1.29, 1.82) is 5.26 Å². The number of nitriles is 1. The molecule has 2 saturated carbocycles. The van der Waals surface area contributed by atoms with Crippen molar-refractivity contribution in [2.24, 2.45) is 23.7 Å². The fraction of sp³-hybridized carbons (Fsp3) is 0.633. The molecule has 0 atom stereocenters. The van der Waals surface area contributed by atoms with Crippen LogP contribution in [-0.4, -0.2) is 6.36 Å². The maximum Gasteiger partial charge on any atom is 0.573 e. The van der Waals surface area contributed by atoms with Gasteiger partial charge in [0, 0.05) is 0 Å². The fourth-order valence-electron chi connectivity index (χ4n) is 6.13. The SMILES string of the molecule is N#C/C(F)=C/C=C/CCC1CCC(C2CCC(CCCCc3ccc(OC(F)(F)F)cc3)CC2)CC1. The van der Waals surface area contributed by atoms with Gasteiger partial charge in [-0.3, -0.25) is 0 Å². The van der Waals surface area contributed by atoms with Crippen LogP contribution in [0.3, 0.4) is 0 Å². The summed E-state index contributed by atoms with van der Waals surface area (Å²) in [5.74, 6) is 2.47. The van der Waals surface area contributed by atoms with Gasteiger partial charge in [0.2, 0.25) is 0 Å². The Morgan fingerprint density at radius 3 is 2.03 bits per heavy atom. The van der Waals surface area contributed by atoms with E-state index in [1.807, 2.05) is 6.08 Å². The van der Waals surface area contributed by atoms with Crippen LogP contribution in [0.15, 0.2) is 48.3 Å². The van der Waals surface area contributed by atoms with Crippen LogP contribution in [0.1, 0.15) is 89.0 Å². The van der Waals surface area contributed by atoms with E-state index < -0.39 is 12.2 Å². The topological polar surface area (TPSA) is 33.0 Å². The van der Waals surface area contributed by atoms with Gasteiger partial charge in [-0.1, -0.05) is 62.8 Å². The predicted octanol–water partition coefficient (Wildman–Crippen LogP) is 9.62. The maximum atomic E-state index is 12.8. The molecular weight excluding hydrogens is 466 g/mol. The van der Waals surface area contributed by atoms with Crippen LogP contribution < -0.4 is 4.74 Å². The second-order valence-electron chi connectivity index (χ2n) is 10.6. The van der Waals surface area contributed by atoms with Crippen LogP contribution in [0.2, 0.25) is 0 Å². The normalized spacial score (nSPS) is 25.6. The first-order valence-electron chi connectivity index (χ1n) is 13.6. The van der Waals surface area contributed by atoms with Crippen LogP contribution in [0, 0.1) is 35.0 Å². The molecule has 0 bridgehead atoms. The molecule has 0 amide bonds. The molecule has 0 spiro atoms. The number of nitrogens with zero attached hydrogens (tertiary/aromatic N) is 1. The number of unbranched alkanes of at least 4 members (excludes halogenated alkanes) is 1. The summed E-state index contributed by atoms with van der Waals surface area (Å²) in [6.45, 7) is 0. The lowest BCUT2D eigenvalue weighted by molar-refractivity contribution is -0.274. The molecule has 0 unspecified atom stereocenters. The summed E-state index contributed by atoms with van der Waals surface area (Å²) in [4.78, 5) is 0. The summed E-state index contributed by atoms with van der Waals surface area (Å²) < 4.78 is 53.5. The van der Waals surface area contributed by atoms with Gasteiger partial charge in [-0.05, 0) is 98.8 Å². The zero-order valence-electron chi connectivity index (χ0n) is 21.1. The number of halogens is 4. The molecule has 1 aromatic rings. The minimum atomic E-state index is -4.64. The maximum absolute atomic E-state index is 12.8. The van der Waals surface area contributed by atoms with Gasteiger partial charge in [0.25, 0.3) is 0 Å². The van der Waals surface area contributed by atoms with Crippen molar-refractivity contribution in [3.8, 4) is 11.8 Å². The number of rotatable bonds is 11. The number of hydrogen-bond donors (Lipinski definition) is 0. The Kier molecular flexibility index (Phi) is 11.4. The Balaban J connectivity index is 1.24. The molecule has 3 rings (SSSR count). The summed E-state index contributed by atoms with van der Waals surface area (Å²) in [7, 11) is 0. The molecule has 2 fully saturated rings. The first-order valence-corrected chi connectivity index (χ1v) is 13.6. The monoisotopic (exact) mass is 505 g/mol. The third kappa shape index (κ3) is 10.4. The minimum absolute atomic E-state index is 0.160. The lowest BCUT2D eigenvalue weighted by atomic mass is 9.68. The molecule has 0 aromatic heterocycles. The Labute approximate surface area is 213 Å². The van der Waals surface area contributed by atoms with E-state index in [0.29, 0.717) is 0 Å². The average Bonchev–Trinajstić information content (AvgIpc) is 2.87. The molecule has 0 aliphatic heterocycles. The molecule has 2 aliphatic rings. The van der Waals surface area contributed by atoms with Crippen LogP contribution in [0.25, 0.3) is 0 Å². The second kappa shape index (κ2) is 14.4. The Morgan fingerprint density at radius 2 is 1.47 bits per heavy atom. The average molecular weight is 506 g/mol. The van der Waals surface area contributed by atoms with E-state index in [-0.39, 0.29) is 5.75 Å². The quantitative estimate of drug-likeness (QED) is 0.130. The lowest BCUT2D eigenvalue weighted by Gasteiger charge is -2.38. The van der Waals surface area contributed by atoms with E-state index in [9.17, 15) is 17.6 Å². The van der Waals surface area contributed by atoms with E-state index in [0.717, 1.165) is 54.9 Å². The number of benzene rings is 1. The van der Waals surface area contributed by atoms with Crippen LogP contribution in [-0.2, 0) is 6.42 Å².